The highest BCUT2D eigenvalue weighted by molar-refractivity contribution is 7.20. The minimum absolute atomic E-state index is 0.467. The average molecular weight is 326 g/mol. The van der Waals surface area contributed by atoms with Gasteiger partial charge in [0.2, 0.25) is 0 Å². The SMILES string of the molecule is Cc1ccccc1CNCc1ccc2cc(C(=O)NO)sc2c1. The molecular weight excluding hydrogens is 308 g/mol. The van der Waals surface area contributed by atoms with E-state index in [1.165, 1.54) is 28.0 Å². The summed E-state index contributed by atoms with van der Waals surface area (Å²) in [5.74, 6) is -0.467. The Bertz CT molecular complexity index is 842. The van der Waals surface area contributed by atoms with Crippen molar-refractivity contribution in [2.45, 2.75) is 20.0 Å². The molecule has 0 aliphatic rings. The van der Waals surface area contributed by atoms with Crippen LogP contribution in [0.15, 0.2) is 48.5 Å². The fourth-order valence-electron chi connectivity index (χ4n) is 2.50. The van der Waals surface area contributed by atoms with Crippen molar-refractivity contribution in [3.05, 3.63) is 70.1 Å². The number of benzene rings is 2. The van der Waals surface area contributed by atoms with E-state index >= 15 is 0 Å². The summed E-state index contributed by atoms with van der Waals surface area (Å²) >= 11 is 1.38. The summed E-state index contributed by atoms with van der Waals surface area (Å²) in [5, 5.41) is 13.2. The van der Waals surface area contributed by atoms with Crippen LogP contribution >= 0.6 is 11.3 Å². The fraction of sp³-hybridized carbons (Fsp3) is 0.167. The van der Waals surface area contributed by atoms with Gasteiger partial charge >= 0.3 is 0 Å². The molecule has 0 saturated carbocycles. The van der Waals surface area contributed by atoms with Crippen LogP contribution in [0.5, 0.6) is 0 Å². The van der Waals surface area contributed by atoms with E-state index in [-0.39, 0.29) is 0 Å². The van der Waals surface area contributed by atoms with Crippen molar-refractivity contribution in [2.24, 2.45) is 0 Å². The Morgan fingerprint density at radius 3 is 2.74 bits per heavy atom. The Morgan fingerprint density at radius 2 is 1.96 bits per heavy atom. The van der Waals surface area contributed by atoms with Crippen molar-refractivity contribution in [1.29, 1.82) is 0 Å². The summed E-state index contributed by atoms with van der Waals surface area (Å²) in [6.45, 7) is 3.71. The topological polar surface area (TPSA) is 61.4 Å². The van der Waals surface area contributed by atoms with Gasteiger partial charge in [-0.2, -0.15) is 0 Å². The highest BCUT2D eigenvalue weighted by atomic mass is 32.1. The number of amides is 1. The van der Waals surface area contributed by atoms with Crippen LogP contribution in [0.25, 0.3) is 10.1 Å². The van der Waals surface area contributed by atoms with E-state index in [9.17, 15) is 4.79 Å². The summed E-state index contributed by atoms with van der Waals surface area (Å²) in [7, 11) is 0. The molecule has 0 spiro atoms. The molecule has 5 heteroatoms. The quantitative estimate of drug-likeness (QED) is 0.496. The third-order valence-corrected chi connectivity index (χ3v) is 4.91. The Kier molecular flexibility index (Phi) is 4.71. The Morgan fingerprint density at radius 1 is 1.13 bits per heavy atom. The number of rotatable bonds is 5. The molecule has 0 fully saturated rings. The average Bonchev–Trinajstić information content (AvgIpc) is 2.99. The van der Waals surface area contributed by atoms with Gasteiger partial charge in [0.15, 0.2) is 0 Å². The van der Waals surface area contributed by atoms with E-state index in [4.69, 9.17) is 5.21 Å². The van der Waals surface area contributed by atoms with Gasteiger partial charge in [0, 0.05) is 17.8 Å². The Labute approximate surface area is 138 Å². The first kappa shape index (κ1) is 15.7. The smallest absolute Gasteiger partial charge is 0.284 e. The van der Waals surface area contributed by atoms with Crippen molar-refractivity contribution in [1.82, 2.24) is 10.8 Å². The van der Waals surface area contributed by atoms with Gasteiger partial charge in [-0.25, -0.2) is 5.48 Å². The van der Waals surface area contributed by atoms with Gasteiger partial charge in [0.1, 0.15) is 0 Å². The highest BCUT2D eigenvalue weighted by Crippen LogP contribution is 2.26. The molecule has 0 bridgehead atoms. The number of hydrogen-bond donors (Lipinski definition) is 3. The highest BCUT2D eigenvalue weighted by Gasteiger charge is 2.09. The summed E-state index contributed by atoms with van der Waals surface area (Å²) in [6.07, 6.45) is 0. The second-order valence-electron chi connectivity index (χ2n) is 5.45. The molecule has 4 nitrogen and oxygen atoms in total. The molecule has 1 amide bonds. The van der Waals surface area contributed by atoms with Crippen molar-refractivity contribution >= 4 is 27.3 Å². The van der Waals surface area contributed by atoms with E-state index < -0.39 is 5.91 Å². The molecule has 3 aromatic rings. The largest absolute Gasteiger partial charge is 0.309 e. The summed E-state index contributed by atoms with van der Waals surface area (Å²) in [5.41, 5.74) is 5.43. The molecular formula is C18H18N2O2S. The number of carbonyl (C=O) groups excluding carboxylic acids is 1. The van der Waals surface area contributed by atoms with Gasteiger partial charge < -0.3 is 5.32 Å². The third kappa shape index (κ3) is 3.59. The molecule has 0 radical (unpaired) electrons. The molecule has 118 valence electrons. The Balaban J connectivity index is 1.68. The zero-order valence-corrected chi connectivity index (χ0v) is 13.6. The monoisotopic (exact) mass is 326 g/mol. The van der Waals surface area contributed by atoms with Gasteiger partial charge in [0.05, 0.1) is 4.88 Å². The predicted molar refractivity (Wildman–Crippen MR) is 92.8 cm³/mol. The third-order valence-electron chi connectivity index (χ3n) is 3.82. The van der Waals surface area contributed by atoms with Crippen molar-refractivity contribution < 1.29 is 10.0 Å². The molecule has 0 saturated heterocycles. The number of hydroxylamine groups is 1. The minimum Gasteiger partial charge on any atom is -0.309 e. The number of nitrogens with one attached hydrogen (secondary N) is 2. The van der Waals surface area contributed by atoms with Crippen LogP contribution < -0.4 is 10.8 Å². The van der Waals surface area contributed by atoms with Crippen LogP contribution in [0.3, 0.4) is 0 Å². The van der Waals surface area contributed by atoms with Crippen molar-refractivity contribution in [3.63, 3.8) is 0 Å². The van der Waals surface area contributed by atoms with E-state index in [1.807, 2.05) is 12.1 Å². The lowest BCUT2D eigenvalue weighted by atomic mass is 10.1. The molecule has 0 unspecified atom stereocenters. The lowest BCUT2D eigenvalue weighted by Crippen LogP contribution is -2.16. The van der Waals surface area contributed by atoms with Gasteiger partial charge in [-0.3, -0.25) is 10.0 Å². The number of thiophene rings is 1. The molecule has 1 heterocycles. The number of carbonyl (C=O) groups is 1. The maximum atomic E-state index is 11.5. The molecule has 3 N–H and O–H groups in total. The molecule has 1 aromatic heterocycles. The maximum Gasteiger partial charge on any atom is 0.284 e. The first-order valence-corrected chi connectivity index (χ1v) is 8.21. The standard InChI is InChI=1S/C18H18N2O2S/c1-12-4-2-3-5-15(12)11-19-10-13-6-7-14-9-17(18(21)20-22)23-16(14)8-13/h2-9,19,22H,10-11H2,1H3,(H,20,21). The molecule has 23 heavy (non-hydrogen) atoms. The second kappa shape index (κ2) is 6.91. The van der Waals surface area contributed by atoms with Gasteiger partial charge in [-0.15, -0.1) is 11.3 Å². The molecule has 0 aliphatic carbocycles. The summed E-state index contributed by atoms with van der Waals surface area (Å²) < 4.78 is 1.04. The molecule has 3 rings (SSSR count). The summed E-state index contributed by atoms with van der Waals surface area (Å²) in [4.78, 5) is 12.0. The number of aryl methyl sites for hydroxylation is 1. The van der Waals surface area contributed by atoms with Crippen LogP contribution in [0.1, 0.15) is 26.4 Å². The molecule has 0 atom stereocenters. The lowest BCUT2D eigenvalue weighted by Gasteiger charge is -2.08. The second-order valence-corrected chi connectivity index (χ2v) is 6.54. The van der Waals surface area contributed by atoms with E-state index in [0.717, 1.165) is 23.2 Å². The van der Waals surface area contributed by atoms with E-state index in [2.05, 4.69) is 42.6 Å². The van der Waals surface area contributed by atoms with Crippen LogP contribution in [-0.2, 0) is 13.1 Å². The van der Waals surface area contributed by atoms with Gasteiger partial charge in [-0.1, -0.05) is 36.4 Å². The van der Waals surface area contributed by atoms with Gasteiger partial charge in [0.25, 0.3) is 5.91 Å². The van der Waals surface area contributed by atoms with Crippen LogP contribution in [-0.4, -0.2) is 11.1 Å². The number of hydrogen-bond acceptors (Lipinski definition) is 4. The molecule has 0 aliphatic heterocycles. The van der Waals surface area contributed by atoms with Crippen LogP contribution in [0, 0.1) is 6.92 Å². The lowest BCUT2D eigenvalue weighted by molar-refractivity contribution is 0.0711. The van der Waals surface area contributed by atoms with Crippen LogP contribution in [0.2, 0.25) is 0 Å². The van der Waals surface area contributed by atoms with Crippen LogP contribution in [0.4, 0.5) is 0 Å². The first-order valence-electron chi connectivity index (χ1n) is 7.39. The fourth-order valence-corrected chi connectivity index (χ4v) is 3.52. The number of fused-ring (bicyclic) bond motifs is 1. The summed E-state index contributed by atoms with van der Waals surface area (Å²) in [6, 6.07) is 16.3. The van der Waals surface area contributed by atoms with Crippen molar-refractivity contribution in [3.8, 4) is 0 Å². The zero-order valence-electron chi connectivity index (χ0n) is 12.8. The van der Waals surface area contributed by atoms with E-state index in [1.54, 1.807) is 11.5 Å². The maximum absolute atomic E-state index is 11.5. The first-order chi connectivity index (χ1) is 11.2. The zero-order chi connectivity index (χ0) is 16.2. The van der Waals surface area contributed by atoms with E-state index in [0.29, 0.717) is 4.88 Å². The Hall–Kier alpha value is -2.21. The normalized spacial score (nSPS) is 10.9. The predicted octanol–water partition coefficient (Wildman–Crippen LogP) is 3.62. The minimum atomic E-state index is -0.467. The van der Waals surface area contributed by atoms with Crippen molar-refractivity contribution in [2.75, 3.05) is 0 Å². The molecule has 2 aromatic carbocycles. The van der Waals surface area contributed by atoms with Gasteiger partial charge in [-0.05, 0) is 41.1 Å².